The van der Waals surface area contributed by atoms with Crippen LogP contribution in [0.2, 0.25) is 0 Å². The van der Waals surface area contributed by atoms with Gasteiger partial charge in [0.15, 0.2) is 0 Å². The second kappa shape index (κ2) is 7.08. The maximum atomic E-state index is 11.9. The van der Waals surface area contributed by atoms with Crippen LogP contribution in [-0.4, -0.2) is 36.7 Å². The second-order valence-corrected chi connectivity index (χ2v) is 6.61. The van der Waals surface area contributed by atoms with Crippen LogP contribution in [0, 0.1) is 0 Å². The number of carbonyl (C=O) groups is 1. The van der Waals surface area contributed by atoms with Crippen molar-refractivity contribution in [3.63, 3.8) is 0 Å². The number of hydrogen-bond donors (Lipinski definition) is 2. The van der Waals surface area contributed by atoms with E-state index in [1.807, 2.05) is 10.8 Å². The molecule has 0 fully saturated rings. The first-order valence-electron chi connectivity index (χ1n) is 6.76. The van der Waals surface area contributed by atoms with Crippen molar-refractivity contribution >= 4 is 21.6 Å². The van der Waals surface area contributed by atoms with Gasteiger partial charge in [-0.05, 0) is 30.7 Å². The lowest BCUT2D eigenvalue weighted by Gasteiger charge is -2.07. The van der Waals surface area contributed by atoms with Crippen molar-refractivity contribution in [2.75, 3.05) is 17.5 Å². The number of aromatic nitrogens is 2. The molecule has 1 heterocycles. The molecule has 0 atom stereocenters. The average molecular weight is 322 g/mol. The first-order valence-corrected chi connectivity index (χ1v) is 8.65. The number of rotatable bonds is 7. The molecule has 0 aliphatic rings. The zero-order valence-electron chi connectivity index (χ0n) is 12.2. The summed E-state index contributed by atoms with van der Waals surface area (Å²) < 4.78 is 26.5. The predicted octanol–water partition coefficient (Wildman–Crippen LogP) is 1.07. The van der Waals surface area contributed by atoms with Crippen molar-refractivity contribution in [3.05, 3.63) is 48.5 Å². The average Bonchev–Trinajstić information content (AvgIpc) is 2.95. The van der Waals surface area contributed by atoms with Gasteiger partial charge in [-0.1, -0.05) is 0 Å². The van der Waals surface area contributed by atoms with E-state index in [-0.39, 0.29) is 5.91 Å². The minimum Gasteiger partial charge on any atom is -0.352 e. The quantitative estimate of drug-likeness (QED) is 0.746. The van der Waals surface area contributed by atoms with E-state index in [1.54, 1.807) is 36.8 Å². The number of aryl methyl sites for hydroxylation is 1. The van der Waals surface area contributed by atoms with Gasteiger partial charge in [-0.15, -0.1) is 0 Å². The van der Waals surface area contributed by atoms with Crippen LogP contribution < -0.4 is 10.0 Å². The highest BCUT2D eigenvalue weighted by Gasteiger charge is 2.06. The Hall–Kier alpha value is -2.35. The van der Waals surface area contributed by atoms with Gasteiger partial charge in [0, 0.05) is 36.7 Å². The molecule has 2 rings (SSSR count). The molecular weight excluding hydrogens is 304 g/mol. The number of nitrogens with zero attached hydrogens (tertiary/aromatic N) is 2. The van der Waals surface area contributed by atoms with E-state index < -0.39 is 10.0 Å². The third kappa shape index (κ3) is 5.21. The van der Waals surface area contributed by atoms with Crippen molar-refractivity contribution in [1.82, 2.24) is 14.9 Å². The summed E-state index contributed by atoms with van der Waals surface area (Å²) >= 11 is 0. The summed E-state index contributed by atoms with van der Waals surface area (Å²) in [6.07, 6.45) is 7.19. The second-order valence-electron chi connectivity index (χ2n) is 4.86. The summed E-state index contributed by atoms with van der Waals surface area (Å²) in [4.78, 5) is 15.9. The lowest BCUT2D eigenvalue weighted by molar-refractivity contribution is 0.0952. The molecule has 1 aromatic heterocycles. The van der Waals surface area contributed by atoms with Gasteiger partial charge in [-0.25, -0.2) is 13.4 Å². The van der Waals surface area contributed by atoms with Crippen molar-refractivity contribution in [1.29, 1.82) is 0 Å². The van der Waals surface area contributed by atoms with E-state index in [9.17, 15) is 13.2 Å². The summed E-state index contributed by atoms with van der Waals surface area (Å²) in [6.45, 7) is 1.35. The number of anilines is 1. The molecule has 0 aliphatic carbocycles. The van der Waals surface area contributed by atoms with Gasteiger partial charge >= 0.3 is 0 Å². The third-order valence-electron chi connectivity index (χ3n) is 2.89. The maximum Gasteiger partial charge on any atom is 0.251 e. The fraction of sp³-hybridized carbons (Fsp3) is 0.286. The van der Waals surface area contributed by atoms with Crippen LogP contribution in [0.4, 0.5) is 5.69 Å². The molecule has 0 bridgehead atoms. The smallest absolute Gasteiger partial charge is 0.251 e. The number of imidazole rings is 1. The third-order valence-corrected chi connectivity index (χ3v) is 3.49. The van der Waals surface area contributed by atoms with Crippen molar-refractivity contribution in [3.8, 4) is 0 Å². The van der Waals surface area contributed by atoms with Crippen LogP contribution in [0.25, 0.3) is 0 Å². The Kier molecular flexibility index (Phi) is 5.16. The Morgan fingerprint density at radius 2 is 2.00 bits per heavy atom. The molecular formula is C14H18N4O3S. The molecule has 0 radical (unpaired) electrons. The van der Waals surface area contributed by atoms with Gasteiger partial charge < -0.3 is 9.88 Å². The largest absolute Gasteiger partial charge is 0.352 e. The molecule has 0 spiro atoms. The van der Waals surface area contributed by atoms with Gasteiger partial charge in [-0.3, -0.25) is 9.52 Å². The van der Waals surface area contributed by atoms with Crippen molar-refractivity contribution in [2.24, 2.45) is 0 Å². The van der Waals surface area contributed by atoms with E-state index >= 15 is 0 Å². The lowest BCUT2D eigenvalue weighted by Crippen LogP contribution is -2.25. The zero-order valence-corrected chi connectivity index (χ0v) is 13.0. The molecule has 2 N–H and O–H groups in total. The standard InChI is InChI=1S/C14H18N4O3S/c1-22(20,21)17-13-5-3-12(4-6-13)14(19)16-7-2-9-18-10-8-15-11-18/h3-6,8,10-11,17H,2,7,9H2,1H3,(H,16,19). The van der Waals surface area contributed by atoms with Crippen LogP contribution >= 0.6 is 0 Å². The number of carbonyl (C=O) groups excluding carboxylic acids is 1. The Morgan fingerprint density at radius 1 is 1.27 bits per heavy atom. The van der Waals surface area contributed by atoms with Gasteiger partial charge in [0.1, 0.15) is 0 Å². The number of sulfonamides is 1. The van der Waals surface area contributed by atoms with Gasteiger partial charge in [0.2, 0.25) is 10.0 Å². The number of nitrogens with one attached hydrogen (secondary N) is 2. The Labute approximate surface area is 129 Å². The van der Waals surface area contributed by atoms with Crippen molar-refractivity contribution < 1.29 is 13.2 Å². The molecule has 1 aromatic carbocycles. The van der Waals surface area contributed by atoms with E-state index in [0.717, 1.165) is 19.2 Å². The van der Waals surface area contributed by atoms with Gasteiger partial charge in [0.05, 0.1) is 12.6 Å². The molecule has 1 amide bonds. The summed E-state index contributed by atoms with van der Waals surface area (Å²) in [5, 5.41) is 2.82. The maximum absolute atomic E-state index is 11.9. The lowest BCUT2D eigenvalue weighted by atomic mass is 10.2. The number of benzene rings is 1. The topological polar surface area (TPSA) is 93.1 Å². The van der Waals surface area contributed by atoms with E-state index in [2.05, 4.69) is 15.0 Å². The highest BCUT2D eigenvalue weighted by atomic mass is 32.2. The monoisotopic (exact) mass is 322 g/mol. The zero-order chi connectivity index (χ0) is 16.0. The van der Waals surface area contributed by atoms with E-state index in [1.165, 1.54) is 0 Å². The fourth-order valence-electron chi connectivity index (χ4n) is 1.89. The number of amides is 1. The molecule has 0 saturated heterocycles. The SMILES string of the molecule is CS(=O)(=O)Nc1ccc(C(=O)NCCCn2ccnc2)cc1. The van der Waals surface area contributed by atoms with E-state index in [4.69, 9.17) is 0 Å². The molecule has 0 unspecified atom stereocenters. The Morgan fingerprint density at radius 3 is 2.59 bits per heavy atom. The molecule has 7 nitrogen and oxygen atoms in total. The van der Waals surface area contributed by atoms with Crippen LogP contribution in [0.3, 0.4) is 0 Å². The summed E-state index contributed by atoms with van der Waals surface area (Å²) in [6, 6.07) is 6.28. The minimum atomic E-state index is -3.31. The van der Waals surface area contributed by atoms with Crippen LogP contribution in [-0.2, 0) is 16.6 Å². The van der Waals surface area contributed by atoms with E-state index in [0.29, 0.717) is 17.8 Å². The Balaban J connectivity index is 1.79. The van der Waals surface area contributed by atoms with Gasteiger partial charge in [-0.2, -0.15) is 0 Å². The normalized spacial score (nSPS) is 11.1. The number of hydrogen-bond acceptors (Lipinski definition) is 4. The molecule has 118 valence electrons. The van der Waals surface area contributed by atoms with Crippen LogP contribution in [0.5, 0.6) is 0 Å². The highest BCUT2D eigenvalue weighted by molar-refractivity contribution is 7.92. The highest BCUT2D eigenvalue weighted by Crippen LogP contribution is 2.10. The first kappa shape index (κ1) is 16.0. The summed E-state index contributed by atoms with van der Waals surface area (Å²) in [5.41, 5.74) is 0.917. The molecule has 0 aliphatic heterocycles. The fourth-order valence-corrected chi connectivity index (χ4v) is 2.45. The summed E-state index contributed by atoms with van der Waals surface area (Å²) in [5.74, 6) is -0.184. The molecule has 2 aromatic rings. The minimum absolute atomic E-state index is 0.184. The van der Waals surface area contributed by atoms with Crippen molar-refractivity contribution in [2.45, 2.75) is 13.0 Å². The van der Waals surface area contributed by atoms with Crippen LogP contribution in [0.15, 0.2) is 43.0 Å². The Bertz CT molecular complexity index is 709. The molecule has 22 heavy (non-hydrogen) atoms. The molecule has 8 heteroatoms. The van der Waals surface area contributed by atoms with Crippen LogP contribution in [0.1, 0.15) is 16.8 Å². The predicted molar refractivity (Wildman–Crippen MR) is 84.1 cm³/mol. The molecule has 0 saturated carbocycles. The summed E-state index contributed by atoms with van der Waals surface area (Å²) in [7, 11) is -3.31. The first-order chi connectivity index (χ1) is 10.4. The van der Waals surface area contributed by atoms with Gasteiger partial charge in [0.25, 0.3) is 5.91 Å².